The lowest BCUT2D eigenvalue weighted by molar-refractivity contribution is 0.122. The van der Waals surface area contributed by atoms with E-state index < -0.39 is 31.1 Å². The molecule has 2 atom stereocenters. The van der Waals surface area contributed by atoms with Gasteiger partial charge in [0.15, 0.2) is 0 Å². The number of hydrogen-bond donors (Lipinski definition) is 3. The molecule has 3 N–H and O–H groups in total. The molecule has 2 amide bonds. The monoisotopic (exact) mass is 322 g/mol. The molecule has 1 aromatic carbocycles. The van der Waals surface area contributed by atoms with Crippen molar-refractivity contribution in [2.45, 2.75) is 31.5 Å². The van der Waals surface area contributed by atoms with Crippen LogP contribution in [0.25, 0.3) is 0 Å². The van der Waals surface area contributed by atoms with E-state index in [1.807, 2.05) is 24.3 Å². The first-order chi connectivity index (χ1) is 11.0. The summed E-state index contributed by atoms with van der Waals surface area (Å²) in [6, 6.07) is 6.47. The predicted molar refractivity (Wildman–Crippen MR) is 79.3 cm³/mol. The zero-order valence-electron chi connectivity index (χ0n) is 12.1. The number of nitrogens with zero attached hydrogens (tertiary/aromatic N) is 2. The summed E-state index contributed by atoms with van der Waals surface area (Å²) in [6.45, 7) is -0.530. The lowest BCUT2D eigenvalue weighted by Gasteiger charge is -2.18. The number of aliphatic hydroxyl groups excluding tert-OH is 1. The van der Waals surface area contributed by atoms with Crippen LogP contribution >= 0.6 is 0 Å². The summed E-state index contributed by atoms with van der Waals surface area (Å²) < 4.78 is 25.6. The van der Waals surface area contributed by atoms with Crippen molar-refractivity contribution >= 4 is 11.7 Å². The molecule has 0 saturated heterocycles. The summed E-state index contributed by atoms with van der Waals surface area (Å²) >= 11 is 0. The molecule has 23 heavy (non-hydrogen) atoms. The van der Waals surface area contributed by atoms with Gasteiger partial charge in [0, 0.05) is 12.6 Å². The van der Waals surface area contributed by atoms with Crippen molar-refractivity contribution < 1.29 is 18.7 Å². The molecule has 6 nitrogen and oxygen atoms in total. The van der Waals surface area contributed by atoms with E-state index in [0.717, 1.165) is 15.8 Å². The summed E-state index contributed by atoms with van der Waals surface area (Å²) in [4.78, 5) is 12.0. The lowest BCUT2D eigenvalue weighted by Crippen LogP contribution is -2.36. The number of carbonyl (C=O) groups excluding carboxylic acids is 1. The summed E-state index contributed by atoms with van der Waals surface area (Å²) in [7, 11) is 0. The van der Waals surface area contributed by atoms with E-state index in [2.05, 4.69) is 15.7 Å². The van der Waals surface area contributed by atoms with E-state index in [1.54, 1.807) is 0 Å². The number of benzene rings is 1. The number of alkyl halides is 2. The quantitative estimate of drug-likeness (QED) is 0.805. The molecule has 1 aromatic heterocycles. The van der Waals surface area contributed by atoms with Gasteiger partial charge in [0.25, 0.3) is 6.43 Å². The van der Waals surface area contributed by atoms with Crippen LogP contribution in [-0.4, -0.2) is 33.4 Å². The maximum Gasteiger partial charge on any atom is 0.319 e. The zero-order chi connectivity index (χ0) is 16.4. The first kappa shape index (κ1) is 15.4. The van der Waals surface area contributed by atoms with Crippen molar-refractivity contribution in [3.63, 3.8) is 0 Å². The average molecular weight is 322 g/mol. The molecule has 2 aromatic rings. The smallest absolute Gasteiger partial charge is 0.319 e. The molecule has 0 saturated carbocycles. The second kappa shape index (κ2) is 6.33. The van der Waals surface area contributed by atoms with Crippen molar-refractivity contribution in [1.82, 2.24) is 15.1 Å². The van der Waals surface area contributed by atoms with Gasteiger partial charge in [-0.3, -0.25) is 4.68 Å². The van der Waals surface area contributed by atoms with Gasteiger partial charge in [-0.15, -0.1) is 0 Å². The van der Waals surface area contributed by atoms with Crippen LogP contribution in [0.3, 0.4) is 0 Å². The molecule has 0 unspecified atom stereocenters. The molecule has 0 aliphatic heterocycles. The van der Waals surface area contributed by atoms with Gasteiger partial charge in [-0.1, -0.05) is 24.3 Å². The van der Waals surface area contributed by atoms with Crippen LogP contribution in [0, 0.1) is 0 Å². The number of nitrogens with one attached hydrogen (secondary N) is 2. The molecule has 1 heterocycles. The first-order valence-corrected chi connectivity index (χ1v) is 7.17. The Kier molecular flexibility index (Phi) is 4.24. The number of halogens is 2. The van der Waals surface area contributed by atoms with Crippen molar-refractivity contribution in [3.8, 4) is 0 Å². The third-order valence-electron chi connectivity index (χ3n) is 3.71. The largest absolute Gasteiger partial charge is 0.390 e. The number of rotatable bonds is 4. The van der Waals surface area contributed by atoms with Gasteiger partial charge in [-0.25, -0.2) is 13.6 Å². The Morgan fingerprint density at radius 1 is 1.43 bits per heavy atom. The molecular weight excluding hydrogens is 306 g/mol. The summed E-state index contributed by atoms with van der Waals surface area (Å²) in [5.74, 6) is 0. The minimum absolute atomic E-state index is 0.309. The van der Waals surface area contributed by atoms with Gasteiger partial charge in [-0.05, 0) is 11.1 Å². The van der Waals surface area contributed by atoms with Gasteiger partial charge in [0.1, 0.15) is 6.54 Å². The Labute approximate surface area is 131 Å². The normalized spacial score (nSPS) is 19.7. The van der Waals surface area contributed by atoms with Gasteiger partial charge in [0.2, 0.25) is 0 Å². The molecule has 1 aliphatic carbocycles. The van der Waals surface area contributed by atoms with E-state index in [1.165, 1.54) is 12.4 Å². The topological polar surface area (TPSA) is 79.2 Å². The van der Waals surface area contributed by atoms with Crippen molar-refractivity contribution in [1.29, 1.82) is 0 Å². The Hall–Kier alpha value is -2.48. The number of urea groups is 1. The number of aliphatic hydroxyl groups is 1. The fourth-order valence-corrected chi connectivity index (χ4v) is 2.73. The standard InChI is InChI=1S/C15H16F2N4O2/c16-13(17)8-21-7-10(6-18-21)19-15(23)20-14-11-4-2-1-3-9(11)5-12(14)22/h1-4,6-7,12-14,22H,5,8H2,(H2,19,20,23)/t12-,14+/m0/s1. The molecule has 0 radical (unpaired) electrons. The number of amides is 2. The Bertz CT molecular complexity index is 704. The fraction of sp³-hybridized carbons (Fsp3) is 0.333. The molecule has 0 spiro atoms. The number of hydrogen-bond acceptors (Lipinski definition) is 3. The molecule has 0 bridgehead atoms. The highest BCUT2D eigenvalue weighted by atomic mass is 19.3. The van der Waals surface area contributed by atoms with Crippen LogP contribution in [0.4, 0.5) is 19.3 Å². The average Bonchev–Trinajstić information content (AvgIpc) is 3.03. The number of fused-ring (bicyclic) bond motifs is 1. The minimum atomic E-state index is -2.51. The van der Waals surface area contributed by atoms with E-state index in [9.17, 15) is 18.7 Å². The SMILES string of the molecule is O=C(Nc1cnn(CC(F)F)c1)N[C@@H]1c2ccccc2C[C@@H]1O. The molecule has 122 valence electrons. The van der Waals surface area contributed by atoms with Crippen LogP contribution < -0.4 is 10.6 Å². The van der Waals surface area contributed by atoms with Crippen LogP contribution in [-0.2, 0) is 13.0 Å². The molecular formula is C15H16F2N4O2. The Balaban J connectivity index is 1.62. The molecule has 1 aliphatic rings. The predicted octanol–water partition coefficient (Wildman–Crippen LogP) is 1.93. The van der Waals surface area contributed by atoms with Gasteiger partial charge < -0.3 is 15.7 Å². The zero-order valence-corrected chi connectivity index (χ0v) is 12.1. The van der Waals surface area contributed by atoms with Crippen LogP contribution in [0.15, 0.2) is 36.7 Å². The van der Waals surface area contributed by atoms with E-state index in [-0.39, 0.29) is 0 Å². The number of carbonyl (C=O) groups is 1. The van der Waals surface area contributed by atoms with E-state index in [0.29, 0.717) is 12.1 Å². The highest BCUT2D eigenvalue weighted by molar-refractivity contribution is 5.89. The van der Waals surface area contributed by atoms with Crippen LogP contribution in [0.2, 0.25) is 0 Å². The summed E-state index contributed by atoms with van der Waals surface area (Å²) in [6.07, 6.45) is -0.111. The Morgan fingerprint density at radius 2 is 2.22 bits per heavy atom. The number of anilines is 1. The third kappa shape index (κ3) is 3.48. The summed E-state index contributed by atoms with van der Waals surface area (Å²) in [5, 5.41) is 19.0. The lowest BCUT2D eigenvalue weighted by atomic mass is 10.1. The maximum atomic E-state index is 12.3. The van der Waals surface area contributed by atoms with Gasteiger partial charge >= 0.3 is 6.03 Å². The second-order valence-electron chi connectivity index (χ2n) is 5.39. The highest BCUT2D eigenvalue weighted by Crippen LogP contribution is 2.31. The van der Waals surface area contributed by atoms with Crippen LogP contribution in [0.5, 0.6) is 0 Å². The summed E-state index contributed by atoms with van der Waals surface area (Å²) in [5.41, 5.74) is 2.18. The third-order valence-corrected chi connectivity index (χ3v) is 3.71. The molecule has 3 rings (SSSR count). The highest BCUT2D eigenvalue weighted by Gasteiger charge is 2.31. The fourth-order valence-electron chi connectivity index (χ4n) is 2.73. The second-order valence-corrected chi connectivity index (χ2v) is 5.39. The van der Waals surface area contributed by atoms with Crippen molar-refractivity contribution in [2.24, 2.45) is 0 Å². The van der Waals surface area contributed by atoms with Crippen molar-refractivity contribution in [2.75, 3.05) is 5.32 Å². The van der Waals surface area contributed by atoms with Crippen molar-refractivity contribution in [3.05, 3.63) is 47.8 Å². The van der Waals surface area contributed by atoms with Gasteiger partial charge in [-0.2, -0.15) is 5.10 Å². The molecule has 0 fully saturated rings. The van der Waals surface area contributed by atoms with E-state index in [4.69, 9.17) is 0 Å². The van der Waals surface area contributed by atoms with Gasteiger partial charge in [0.05, 0.1) is 24.0 Å². The molecule has 8 heteroatoms. The first-order valence-electron chi connectivity index (χ1n) is 7.17. The van der Waals surface area contributed by atoms with Crippen LogP contribution in [0.1, 0.15) is 17.2 Å². The number of aromatic nitrogens is 2. The van der Waals surface area contributed by atoms with E-state index >= 15 is 0 Å². The maximum absolute atomic E-state index is 12.3. The Morgan fingerprint density at radius 3 is 3.00 bits per heavy atom. The minimum Gasteiger partial charge on any atom is -0.390 e.